The van der Waals surface area contributed by atoms with E-state index in [9.17, 15) is 17.6 Å². The fourth-order valence-corrected chi connectivity index (χ4v) is 3.07. The highest BCUT2D eigenvalue weighted by atomic mass is 35.5. The number of hydrogen-bond donors (Lipinski definition) is 1. The van der Waals surface area contributed by atoms with E-state index >= 15 is 0 Å². The summed E-state index contributed by atoms with van der Waals surface area (Å²) in [6.45, 7) is 1.32. The summed E-state index contributed by atoms with van der Waals surface area (Å²) in [5.41, 5.74) is 0.301. The summed E-state index contributed by atoms with van der Waals surface area (Å²) in [7, 11) is -4.15. The van der Waals surface area contributed by atoms with Crippen molar-refractivity contribution in [3.8, 4) is 0 Å². The van der Waals surface area contributed by atoms with E-state index in [0.717, 1.165) is 12.1 Å². The largest absolute Gasteiger partial charge is 0.294 e. The summed E-state index contributed by atoms with van der Waals surface area (Å²) >= 11 is 5.59. The van der Waals surface area contributed by atoms with Crippen LogP contribution in [0.25, 0.3) is 0 Å². The third-order valence-electron chi connectivity index (χ3n) is 2.73. The average Bonchev–Trinajstić information content (AvgIpc) is 2.37. The van der Waals surface area contributed by atoms with E-state index in [-0.39, 0.29) is 22.1 Å². The van der Waals surface area contributed by atoms with Crippen LogP contribution >= 0.6 is 11.6 Å². The first-order chi connectivity index (χ1) is 9.81. The van der Waals surface area contributed by atoms with Gasteiger partial charge in [0.1, 0.15) is 10.7 Å². The molecule has 21 heavy (non-hydrogen) atoms. The minimum Gasteiger partial charge on any atom is -0.294 e. The number of nitrogens with one attached hydrogen (secondary N) is 1. The molecule has 0 amide bonds. The van der Waals surface area contributed by atoms with Crippen molar-refractivity contribution in [2.75, 3.05) is 4.72 Å². The fourth-order valence-electron chi connectivity index (χ4n) is 1.77. The van der Waals surface area contributed by atoms with Gasteiger partial charge in [0.25, 0.3) is 10.0 Å². The molecule has 0 aliphatic carbocycles. The average molecular weight is 328 g/mol. The Bertz CT molecular complexity index is 806. The van der Waals surface area contributed by atoms with E-state index in [4.69, 9.17) is 11.6 Å². The van der Waals surface area contributed by atoms with E-state index in [1.54, 1.807) is 12.1 Å². The second kappa shape index (κ2) is 5.83. The van der Waals surface area contributed by atoms with Crippen LogP contribution in [0.3, 0.4) is 0 Å². The first-order valence-corrected chi connectivity index (χ1v) is 7.75. The number of halogens is 2. The SMILES string of the molecule is CC(=O)c1ccccc1NS(=O)(=O)c1ccc(Cl)cc1F. The van der Waals surface area contributed by atoms with Crippen LogP contribution in [0.15, 0.2) is 47.4 Å². The Kier molecular flexibility index (Phi) is 4.29. The van der Waals surface area contributed by atoms with Crippen LogP contribution in [0.5, 0.6) is 0 Å². The van der Waals surface area contributed by atoms with Gasteiger partial charge in [0.15, 0.2) is 5.78 Å². The quantitative estimate of drug-likeness (QED) is 0.874. The third kappa shape index (κ3) is 3.40. The van der Waals surface area contributed by atoms with Crippen molar-refractivity contribution < 1.29 is 17.6 Å². The lowest BCUT2D eigenvalue weighted by Crippen LogP contribution is -2.16. The molecular weight excluding hydrogens is 317 g/mol. The number of sulfonamides is 1. The van der Waals surface area contributed by atoms with Gasteiger partial charge in [-0.25, -0.2) is 12.8 Å². The topological polar surface area (TPSA) is 63.2 Å². The number of anilines is 1. The summed E-state index contributed by atoms with van der Waals surface area (Å²) < 4.78 is 40.4. The lowest BCUT2D eigenvalue weighted by molar-refractivity contribution is 0.101. The molecule has 0 spiro atoms. The lowest BCUT2D eigenvalue weighted by atomic mass is 10.1. The van der Waals surface area contributed by atoms with Crippen LogP contribution in [0, 0.1) is 5.82 Å². The molecule has 2 aromatic rings. The number of para-hydroxylation sites is 1. The second-order valence-corrected chi connectivity index (χ2v) is 6.37. The molecule has 0 aromatic heterocycles. The van der Waals surface area contributed by atoms with Gasteiger partial charge in [0.2, 0.25) is 0 Å². The number of benzene rings is 2. The lowest BCUT2D eigenvalue weighted by Gasteiger charge is -2.11. The van der Waals surface area contributed by atoms with Gasteiger partial charge in [-0.15, -0.1) is 0 Å². The molecule has 2 aromatic carbocycles. The standard InChI is InChI=1S/C14H11ClFNO3S/c1-9(18)11-4-2-3-5-13(11)17-21(19,20)14-7-6-10(15)8-12(14)16/h2-8,17H,1H3. The zero-order chi connectivity index (χ0) is 15.6. The molecule has 0 heterocycles. The monoisotopic (exact) mass is 327 g/mol. The van der Waals surface area contributed by atoms with Crippen LogP contribution in [0.1, 0.15) is 17.3 Å². The molecule has 0 bridgehead atoms. The molecule has 1 N–H and O–H groups in total. The summed E-state index contributed by atoms with van der Waals surface area (Å²) in [6, 6.07) is 9.35. The summed E-state index contributed by atoms with van der Waals surface area (Å²) in [5.74, 6) is -1.26. The van der Waals surface area contributed by atoms with Crippen molar-refractivity contribution in [3.63, 3.8) is 0 Å². The molecule has 0 aliphatic heterocycles. The van der Waals surface area contributed by atoms with E-state index in [0.29, 0.717) is 0 Å². The van der Waals surface area contributed by atoms with E-state index < -0.39 is 20.7 Å². The van der Waals surface area contributed by atoms with Crippen LogP contribution in [0.4, 0.5) is 10.1 Å². The molecule has 0 radical (unpaired) electrons. The zero-order valence-electron chi connectivity index (χ0n) is 10.9. The van der Waals surface area contributed by atoms with Crippen molar-refractivity contribution in [1.82, 2.24) is 0 Å². The van der Waals surface area contributed by atoms with Crippen LogP contribution in [-0.4, -0.2) is 14.2 Å². The number of hydrogen-bond acceptors (Lipinski definition) is 3. The molecule has 7 heteroatoms. The van der Waals surface area contributed by atoms with Crippen molar-refractivity contribution in [2.45, 2.75) is 11.8 Å². The van der Waals surface area contributed by atoms with Crippen molar-refractivity contribution in [2.24, 2.45) is 0 Å². The summed E-state index contributed by atoms with van der Waals surface area (Å²) in [4.78, 5) is 10.9. The van der Waals surface area contributed by atoms with Crippen LogP contribution < -0.4 is 4.72 Å². The van der Waals surface area contributed by atoms with Gasteiger partial charge >= 0.3 is 0 Å². The number of carbonyl (C=O) groups excluding carboxylic acids is 1. The normalized spacial score (nSPS) is 11.2. The maximum absolute atomic E-state index is 13.7. The molecule has 0 saturated carbocycles. The molecule has 4 nitrogen and oxygen atoms in total. The fraction of sp³-hybridized carbons (Fsp3) is 0.0714. The molecule has 0 fully saturated rings. The van der Waals surface area contributed by atoms with Gasteiger partial charge < -0.3 is 0 Å². The Morgan fingerprint density at radius 1 is 1.19 bits per heavy atom. The Labute approximate surface area is 126 Å². The van der Waals surface area contributed by atoms with Crippen LogP contribution in [0.2, 0.25) is 5.02 Å². The van der Waals surface area contributed by atoms with Crippen molar-refractivity contribution >= 4 is 33.1 Å². The van der Waals surface area contributed by atoms with E-state index in [2.05, 4.69) is 4.72 Å². The Hall–Kier alpha value is -1.92. The van der Waals surface area contributed by atoms with Gasteiger partial charge in [0.05, 0.1) is 5.69 Å². The summed E-state index contributed by atoms with van der Waals surface area (Å²) in [6.07, 6.45) is 0. The number of carbonyl (C=O) groups is 1. The van der Waals surface area contributed by atoms with Gasteiger partial charge in [-0.3, -0.25) is 9.52 Å². The smallest absolute Gasteiger partial charge is 0.264 e. The molecule has 0 saturated heterocycles. The highest BCUT2D eigenvalue weighted by Crippen LogP contribution is 2.23. The van der Waals surface area contributed by atoms with E-state index in [1.807, 2.05) is 0 Å². The van der Waals surface area contributed by atoms with Gasteiger partial charge in [-0.05, 0) is 37.3 Å². The molecule has 2 rings (SSSR count). The van der Waals surface area contributed by atoms with Crippen molar-refractivity contribution in [1.29, 1.82) is 0 Å². The number of ketones is 1. The Balaban J connectivity index is 2.45. The highest BCUT2D eigenvalue weighted by molar-refractivity contribution is 7.92. The number of rotatable bonds is 4. The van der Waals surface area contributed by atoms with Gasteiger partial charge in [-0.2, -0.15) is 0 Å². The first kappa shape index (κ1) is 15.5. The maximum atomic E-state index is 13.7. The van der Waals surface area contributed by atoms with Gasteiger partial charge in [-0.1, -0.05) is 23.7 Å². The minimum atomic E-state index is -4.15. The summed E-state index contributed by atoms with van der Waals surface area (Å²) in [5, 5.41) is 0.0931. The predicted molar refractivity (Wildman–Crippen MR) is 78.7 cm³/mol. The maximum Gasteiger partial charge on any atom is 0.264 e. The second-order valence-electron chi connectivity index (χ2n) is 4.28. The van der Waals surface area contributed by atoms with Crippen molar-refractivity contribution in [3.05, 3.63) is 58.9 Å². The molecule has 0 atom stereocenters. The molecular formula is C14H11ClFNO3S. The minimum absolute atomic E-state index is 0.0931. The zero-order valence-corrected chi connectivity index (χ0v) is 12.5. The van der Waals surface area contributed by atoms with Crippen LogP contribution in [-0.2, 0) is 10.0 Å². The highest BCUT2D eigenvalue weighted by Gasteiger charge is 2.21. The molecule has 110 valence electrons. The molecule has 0 unspecified atom stereocenters. The Morgan fingerprint density at radius 2 is 1.86 bits per heavy atom. The number of Topliss-reactive ketones (excluding diaryl/α,β-unsaturated/α-hetero) is 1. The van der Waals surface area contributed by atoms with Gasteiger partial charge in [0, 0.05) is 10.6 Å². The third-order valence-corrected chi connectivity index (χ3v) is 4.37. The van der Waals surface area contributed by atoms with E-state index in [1.165, 1.54) is 25.1 Å². The predicted octanol–water partition coefficient (Wildman–Crippen LogP) is 3.48. The Morgan fingerprint density at radius 3 is 2.48 bits per heavy atom. The first-order valence-electron chi connectivity index (χ1n) is 5.89. The molecule has 0 aliphatic rings.